The lowest BCUT2D eigenvalue weighted by molar-refractivity contribution is -0.139. The van der Waals surface area contributed by atoms with Crippen LogP contribution in [0.2, 0.25) is 0 Å². The Hall–Kier alpha value is -4.54. The number of hydrogen-bond acceptors (Lipinski definition) is 7. The summed E-state index contributed by atoms with van der Waals surface area (Å²) in [5.74, 6) is -3.69. The van der Waals surface area contributed by atoms with Crippen LogP contribution < -0.4 is 16.0 Å². The smallest absolute Gasteiger partial charge is 0.407 e. The van der Waals surface area contributed by atoms with E-state index in [4.69, 9.17) is 9.84 Å². The molecule has 2 aromatic rings. The van der Waals surface area contributed by atoms with Gasteiger partial charge in [0.25, 0.3) is 0 Å². The van der Waals surface area contributed by atoms with Gasteiger partial charge in [0.15, 0.2) is 11.6 Å². The third-order valence-corrected chi connectivity index (χ3v) is 8.27. The van der Waals surface area contributed by atoms with E-state index < -0.39 is 53.3 Å². The molecule has 4 N–H and O–H groups in total. The Bertz CT molecular complexity index is 1420. The second kappa shape index (κ2) is 21.6. The van der Waals surface area contributed by atoms with Gasteiger partial charge in [-0.1, -0.05) is 81.4 Å². The molecule has 0 saturated heterocycles. The Balaban J connectivity index is 2.18. The predicted molar refractivity (Wildman–Crippen MR) is 196 cm³/mol. The summed E-state index contributed by atoms with van der Waals surface area (Å²) in [6.45, 7) is 11.3. The number of ketones is 2. The second-order valence-corrected chi connectivity index (χ2v) is 14.7. The number of Topliss-reactive ketones (excluding diaryl/α,β-unsaturated/α-hetero) is 2. The summed E-state index contributed by atoms with van der Waals surface area (Å²) in [6.07, 6.45) is 0.981. The summed E-state index contributed by atoms with van der Waals surface area (Å²) in [5.41, 5.74) is 1.23. The molecule has 2 rings (SSSR count). The number of benzene rings is 2. The van der Waals surface area contributed by atoms with E-state index in [9.17, 15) is 28.8 Å². The number of carbonyl (C=O) groups is 6. The molecule has 4 atom stereocenters. The molecule has 0 radical (unpaired) electrons. The SMILES string of the molecule is CC(C)C[C@@H](CC(=O)[C@@H](Cc1ccccc1)NC(=O)[C@H](C)Cc1ccccc1)C(=O)N[C@H](CCCCNC(=O)OC(C)(C)C)C(=O)CCC(=O)O. The first-order valence-electron chi connectivity index (χ1n) is 18.0. The van der Waals surface area contributed by atoms with Gasteiger partial charge in [-0.05, 0) is 76.3 Å². The first kappa shape index (κ1) is 42.6. The van der Waals surface area contributed by atoms with E-state index in [0.717, 1.165) is 11.1 Å². The molecule has 0 unspecified atom stereocenters. The second-order valence-electron chi connectivity index (χ2n) is 14.7. The van der Waals surface area contributed by atoms with Crippen LogP contribution in [0.1, 0.15) is 97.6 Å². The van der Waals surface area contributed by atoms with Crippen LogP contribution in [0.4, 0.5) is 4.79 Å². The standard InChI is InChI=1S/C40H57N3O8/c1-27(2)23-31(38(49)42-32(34(44)20-21-36(46)47)19-13-14-22-41-39(50)51-40(4,5)6)26-35(45)33(25-30-17-11-8-12-18-30)43-37(48)28(3)24-29-15-9-7-10-16-29/h7-12,15-18,27-28,31-33H,13-14,19-26H2,1-6H3,(H,41,50)(H,42,49)(H,43,48)(H,46,47)/t28-,31+,32-,33-/m1/s1. The van der Waals surface area contributed by atoms with Crippen molar-refractivity contribution in [3.8, 4) is 0 Å². The largest absolute Gasteiger partial charge is 0.481 e. The Labute approximate surface area is 302 Å². The van der Waals surface area contributed by atoms with E-state index in [2.05, 4.69) is 16.0 Å². The minimum Gasteiger partial charge on any atom is -0.481 e. The highest BCUT2D eigenvalue weighted by Gasteiger charge is 2.31. The molecule has 11 nitrogen and oxygen atoms in total. The van der Waals surface area contributed by atoms with E-state index in [0.29, 0.717) is 32.2 Å². The number of amides is 3. The van der Waals surface area contributed by atoms with Crippen molar-refractivity contribution >= 4 is 35.4 Å². The van der Waals surface area contributed by atoms with Gasteiger partial charge in [-0.2, -0.15) is 0 Å². The van der Waals surface area contributed by atoms with Gasteiger partial charge in [0, 0.05) is 31.2 Å². The number of carbonyl (C=O) groups excluding carboxylic acids is 5. The molecule has 11 heteroatoms. The molecule has 0 saturated carbocycles. The Morgan fingerprint density at radius 2 is 1.29 bits per heavy atom. The van der Waals surface area contributed by atoms with E-state index >= 15 is 0 Å². The van der Waals surface area contributed by atoms with Crippen LogP contribution in [0, 0.1) is 17.8 Å². The highest BCUT2D eigenvalue weighted by Crippen LogP contribution is 2.20. The van der Waals surface area contributed by atoms with Crippen LogP contribution in [-0.2, 0) is 41.6 Å². The van der Waals surface area contributed by atoms with Gasteiger partial charge in [0.1, 0.15) is 5.60 Å². The lowest BCUT2D eigenvalue weighted by atomic mass is 9.87. The molecule has 280 valence electrons. The lowest BCUT2D eigenvalue weighted by Crippen LogP contribution is -2.48. The van der Waals surface area contributed by atoms with Crippen molar-refractivity contribution in [3.05, 3.63) is 71.8 Å². The third kappa shape index (κ3) is 17.8. The third-order valence-electron chi connectivity index (χ3n) is 8.27. The summed E-state index contributed by atoms with van der Waals surface area (Å²) in [7, 11) is 0. The van der Waals surface area contributed by atoms with Crippen molar-refractivity contribution in [3.63, 3.8) is 0 Å². The van der Waals surface area contributed by atoms with Crippen molar-refractivity contribution in [2.45, 2.75) is 117 Å². The van der Waals surface area contributed by atoms with Crippen molar-refractivity contribution in [2.75, 3.05) is 6.54 Å². The summed E-state index contributed by atoms with van der Waals surface area (Å²) in [6, 6.07) is 17.2. The molecular weight excluding hydrogens is 650 g/mol. The highest BCUT2D eigenvalue weighted by atomic mass is 16.6. The summed E-state index contributed by atoms with van der Waals surface area (Å²) >= 11 is 0. The van der Waals surface area contributed by atoms with Crippen molar-refractivity contribution in [2.24, 2.45) is 17.8 Å². The zero-order valence-corrected chi connectivity index (χ0v) is 31.0. The van der Waals surface area contributed by atoms with Crippen LogP contribution in [0.15, 0.2) is 60.7 Å². The topological polar surface area (TPSA) is 168 Å². The molecule has 0 fully saturated rings. The highest BCUT2D eigenvalue weighted by molar-refractivity contribution is 5.95. The van der Waals surface area contributed by atoms with Crippen LogP contribution in [0.5, 0.6) is 0 Å². The molecule has 0 spiro atoms. The van der Waals surface area contributed by atoms with Gasteiger partial charge in [-0.15, -0.1) is 0 Å². The van der Waals surface area contributed by atoms with E-state index in [1.807, 2.05) is 81.4 Å². The first-order chi connectivity index (χ1) is 24.0. The number of hydrogen-bond donors (Lipinski definition) is 4. The normalized spacial score (nSPS) is 13.7. The molecule has 0 heterocycles. The average molecular weight is 708 g/mol. The zero-order valence-electron chi connectivity index (χ0n) is 31.0. The van der Waals surface area contributed by atoms with Crippen molar-refractivity contribution < 1.29 is 38.6 Å². The summed E-state index contributed by atoms with van der Waals surface area (Å²) < 4.78 is 5.24. The number of rotatable bonds is 22. The fourth-order valence-corrected chi connectivity index (χ4v) is 5.69. The predicted octanol–water partition coefficient (Wildman–Crippen LogP) is 5.83. The van der Waals surface area contributed by atoms with Gasteiger partial charge in [0.05, 0.1) is 18.5 Å². The van der Waals surface area contributed by atoms with Crippen LogP contribution in [0.25, 0.3) is 0 Å². The van der Waals surface area contributed by atoms with Crippen molar-refractivity contribution in [1.82, 2.24) is 16.0 Å². The van der Waals surface area contributed by atoms with Gasteiger partial charge in [-0.3, -0.25) is 24.0 Å². The van der Waals surface area contributed by atoms with Gasteiger partial charge in [-0.25, -0.2) is 4.79 Å². The fraction of sp³-hybridized carbons (Fsp3) is 0.550. The molecule has 0 aromatic heterocycles. The maximum Gasteiger partial charge on any atom is 0.407 e. The van der Waals surface area contributed by atoms with E-state index in [1.165, 1.54) is 0 Å². The van der Waals surface area contributed by atoms with Gasteiger partial charge >= 0.3 is 12.1 Å². The number of ether oxygens (including phenoxy) is 1. The Morgan fingerprint density at radius 1 is 0.725 bits per heavy atom. The number of alkyl carbamates (subject to hydrolysis) is 1. The number of nitrogens with one attached hydrogen (secondary N) is 3. The fourth-order valence-electron chi connectivity index (χ4n) is 5.69. The summed E-state index contributed by atoms with van der Waals surface area (Å²) in [5, 5.41) is 17.6. The zero-order chi connectivity index (χ0) is 38.0. The molecule has 2 aromatic carbocycles. The minimum absolute atomic E-state index is 0.0432. The molecule has 0 aliphatic rings. The van der Waals surface area contributed by atoms with Crippen LogP contribution in [0.3, 0.4) is 0 Å². The molecule has 0 aliphatic heterocycles. The number of carboxylic acid groups (broad SMARTS) is 1. The Kier molecular flexibility index (Phi) is 18.1. The molecule has 51 heavy (non-hydrogen) atoms. The summed E-state index contributed by atoms with van der Waals surface area (Å²) in [4.78, 5) is 77.5. The first-order valence-corrected chi connectivity index (χ1v) is 18.0. The van der Waals surface area contributed by atoms with Gasteiger partial charge < -0.3 is 25.8 Å². The number of aliphatic carboxylic acids is 1. The Morgan fingerprint density at radius 3 is 1.84 bits per heavy atom. The van der Waals surface area contributed by atoms with Gasteiger partial charge in [0.2, 0.25) is 11.8 Å². The van der Waals surface area contributed by atoms with Crippen molar-refractivity contribution in [1.29, 1.82) is 0 Å². The van der Waals surface area contributed by atoms with E-state index in [1.54, 1.807) is 20.8 Å². The number of unbranched alkanes of at least 4 members (excludes halogenated alkanes) is 1. The minimum atomic E-state index is -1.12. The van der Waals surface area contributed by atoms with Crippen LogP contribution in [-0.4, -0.2) is 64.8 Å². The quantitative estimate of drug-likeness (QED) is 0.111. The molecule has 0 aliphatic carbocycles. The maximum atomic E-state index is 14.0. The van der Waals surface area contributed by atoms with Crippen LogP contribution >= 0.6 is 0 Å². The average Bonchev–Trinajstić information content (AvgIpc) is 3.05. The van der Waals surface area contributed by atoms with E-state index in [-0.39, 0.29) is 49.7 Å². The molecule has 0 bridgehead atoms. The monoisotopic (exact) mass is 707 g/mol. The lowest BCUT2D eigenvalue weighted by Gasteiger charge is -2.25. The molecular formula is C40H57N3O8. The number of carboxylic acids is 1. The maximum absolute atomic E-state index is 14.0. The molecule has 3 amide bonds.